The van der Waals surface area contributed by atoms with Crippen LogP contribution in [0, 0.1) is 28.6 Å². The van der Waals surface area contributed by atoms with E-state index in [0.29, 0.717) is 11.8 Å². The van der Waals surface area contributed by atoms with E-state index in [1.165, 1.54) is 18.4 Å². The van der Waals surface area contributed by atoms with Crippen molar-refractivity contribution >= 4 is 11.7 Å². The van der Waals surface area contributed by atoms with Crippen LogP contribution in [0.3, 0.4) is 0 Å². The Balaban J connectivity index is 1.62. The third-order valence-corrected chi connectivity index (χ3v) is 8.12. The van der Waals surface area contributed by atoms with Gasteiger partial charge in [0.2, 0.25) is 0 Å². The van der Waals surface area contributed by atoms with Crippen LogP contribution in [0.5, 0.6) is 0 Å². The monoisotopic (exact) mass is 345 g/mol. The quantitative estimate of drug-likeness (QED) is 0.503. The van der Waals surface area contributed by atoms with Crippen molar-refractivity contribution in [3.05, 3.63) is 11.6 Å². The van der Waals surface area contributed by atoms with Crippen LogP contribution in [-0.4, -0.2) is 23.0 Å². The minimum atomic E-state index is -0.577. The Morgan fingerprint density at radius 1 is 1.24 bits per heavy atom. The minimum absolute atomic E-state index is 0.0967. The van der Waals surface area contributed by atoms with Gasteiger partial charge >= 0.3 is 6.03 Å². The summed E-state index contributed by atoms with van der Waals surface area (Å²) in [6.07, 6.45) is 10.9. The first-order valence-electron chi connectivity index (χ1n) is 9.84. The number of aliphatic hydroxyl groups excluding tert-OH is 1. The smallest absolute Gasteiger partial charge is 0.332 e. The fourth-order valence-electron chi connectivity index (χ4n) is 6.74. The van der Waals surface area contributed by atoms with Gasteiger partial charge in [0.25, 0.3) is 0 Å². The summed E-state index contributed by atoms with van der Waals surface area (Å²) in [4.78, 5) is 11.1. The van der Waals surface area contributed by atoms with E-state index in [1.54, 1.807) is 0 Å². The van der Waals surface area contributed by atoms with Crippen molar-refractivity contribution in [3.8, 4) is 0 Å². The molecule has 25 heavy (non-hydrogen) atoms. The van der Waals surface area contributed by atoms with Gasteiger partial charge in [-0.25, -0.2) is 10.2 Å². The van der Waals surface area contributed by atoms with E-state index in [9.17, 15) is 9.90 Å². The van der Waals surface area contributed by atoms with Gasteiger partial charge in [0, 0.05) is 11.1 Å². The van der Waals surface area contributed by atoms with Crippen LogP contribution in [0.4, 0.5) is 4.79 Å². The fourth-order valence-corrected chi connectivity index (χ4v) is 6.74. The Kier molecular flexibility index (Phi) is 3.98. The number of rotatable bonds is 1. The van der Waals surface area contributed by atoms with Gasteiger partial charge in [-0.3, -0.25) is 0 Å². The highest BCUT2D eigenvalue weighted by molar-refractivity contribution is 5.93. The van der Waals surface area contributed by atoms with Crippen LogP contribution < -0.4 is 11.2 Å². The minimum Gasteiger partial charge on any atom is -0.393 e. The zero-order valence-corrected chi connectivity index (χ0v) is 15.4. The molecule has 0 aromatic carbocycles. The molecular formula is C20H31N3O2. The number of nitrogens with two attached hydrogens (primary N) is 1. The lowest BCUT2D eigenvalue weighted by atomic mass is 9.48. The topological polar surface area (TPSA) is 87.7 Å². The molecule has 0 aliphatic heterocycles. The van der Waals surface area contributed by atoms with Gasteiger partial charge in [-0.15, -0.1) is 0 Å². The second kappa shape index (κ2) is 5.83. The fraction of sp³-hybridized carbons (Fsp3) is 0.800. The number of nitrogens with zero attached hydrogens (tertiary/aromatic N) is 1. The molecule has 0 radical (unpaired) electrons. The molecule has 5 nitrogen and oxygen atoms in total. The average Bonchev–Trinajstić information content (AvgIpc) is 2.90. The molecule has 6 atom stereocenters. The van der Waals surface area contributed by atoms with Crippen LogP contribution in [-0.2, 0) is 0 Å². The zero-order chi connectivity index (χ0) is 17.8. The molecule has 2 amide bonds. The standard InChI is InChI=1S/C20H31N3O2/c1-19-9-7-13(24)11-12(19)3-4-14-15-5-6-17(22-23-18(21)25)20(15,2)10-8-16(14)19/h3,13-16,24H,4-11H2,1-2H3,(H3,21,23,25)/t13-,14+,15-,16-,19-,20+/m0/s1. The summed E-state index contributed by atoms with van der Waals surface area (Å²) in [6, 6.07) is -0.577. The van der Waals surface area contributed by atoms with E-state index in [1.807, 2.05) is 0 Å². The number of urea groups is 1. The number of primary amides is 1. The maximum atomic E-state index is 11.1. The van der Waals surface area contributed by atoms with Gasteiger partial charge in [0.05, 0.1) is 6.10 Å². The van der Waals surface area contributed by atoms with Gasteiger partial charge in [0.1, 0.15) is 0 Å². The van der Waals surface area contributed by atoms with E-state index < -0.39 is 6.03 Å². The lowest BCUT2D eigenvalue weighted by Gasteiger charge is -2.57. The summed E-state index contributed by atoms with van der Waals surface area (Å²) in [5, 5.41) is 14.5. The molecule has 3 saturated carbocycles. The summed E-state index contributed by atoms with van der Waals surface area (Å²) in [7, 11) is 0. The molecule has 0 spiro atoms. The number of hydrazone groups is 1. The number of amides is 2. The van der Waals surface area contributed by atoms with Crippen LogP contribution >= 0.6 is 0 Å². The molecule has 0 aromatic heterocycles. The highest BCUT2D eigenvalue weighted by Gasteiger charge is 2.57. The van der Waals surface area contributed by atoms with E-state index in [4.69, 9.17) is 5.73 Å². The molecule has 4 aliphatic rings. The van der Waals surface area contributed by atoms with Crippen LogP contribution in [0.2, 0.25) is 0 Å². The molecular weight excluding hydrogens is 314 g/mol. The molecule has 138 valence electrons. The molecule has 0 bridgehead atoms. The van der Waals surface area contributed by atoms with Gasteiger partial charge in [-0.05, 0) is 74.5 Å². The van der Waals surface area contributed by atoms with Crippen LogP contribution in [0.25, 0.3) is 0 Å². The molecule has 0 aromatic rings. The SMILES string of the molecule is C[C@]12CC[C@H](O)CC1=CC[C@H]1[C@@H]2CC[C@@]2(C)C(=NNC(N)=O)CC[C@@H]12. The molecule has 3 fully saturated rings. The van der Waals surface area contributed by atoms with Gasteiger partial charge in [-0.2, -0.15) is 5.10 Å². The van der Waals surface area contributed by atoms with Crippen molar-refractivity contribution < 1.29 is 9.90 Å². The second-order valence-electron chi connectivity index (χ2n) is 9.19. The van der Waals surface area contributed by atoms with Crippen molar-refractivity contribution in [3.63, 3.8) is 0 Å². The highest BCUT2D eigenvalue weighted by Crippen LogP contribution is 2.64. The molecule has 4 rings (SSSR count). The number of carbonyl (C=O) groups excluding carboxylic acids is 1. The summed E-state index contributed by atoms with van der Waals surface area (Å²) in [5.74, 6) is 2.06. The number of fused-ring (bicyclic) bond motifs is 5. The summed E-state index contributed by atoms with van der Waals surface area (Å²) in [6.45, 7) is 4.79. The molecule has 4 N–H and O–H groups in total. The zero-order valence-electron chi connectivity index (χ0n) is 15.4. The Labute approximate surface area is 150 Å². The maximum Gasteiger partial charge on any atom is 0.332 e. The van der Waals surface area contributed by atoms with Crippen molar-refractivity contribution in [1.29, 1.82) is 0 Å². The first kappa shape index (κ1) is 17.1. The Morgan fingerprint density at radius 3 is 2.72 bits per heavy atom. The van der Waals surface area contributed by atoms with Crippen LogP contribution in [0.1, 0.15) is 65.2 Å². The first-order valence-corrected chi connectivity index (χ1v) is 9.84. The number of carbonyl (C=O) groups is 1. The third-order valence-electron chi connectivity index (χ3n) is 8.12. The molecule has 0 unspecified atom stereocenters. The van der Waals surface area contributed by atoms with Crippen molar-refractivity contribution in [1.82, 2.24) is 5.43 Å². The number of aliphatic hydroxyl groups is 1. The largest absolute Gasteiger partial charge is 0.393 e. The van der Waals surface area contributed by atoms with Crippen molar-refractivity contribution in [2.24, 2.45) is 39.4 Å². The van der Waals surface area contributed by atoms with Crippen molar-refractivity contribution in [2.45, 2.75) is 71.3 Å². The number of nitrogens with one attached hydrogen (secondary N) is 1. The van der Waals surface area contributed by atoms with E-state index >= 15 is 0 Å². The Hall–Kier alpha value is -1.36. The van der Waals surface area contributed by atoms with Gasteiger partial charge < -0.3 is 10.8 Å². The highest BCUT2D eigenvalue weighted by atomic mass is 16.3. The first-order chi connectivity index (χ1) is 11.8. The number of hydrogen-bond donors (Lipinski definition) is 3. The van der Waals surface area contributed by atoms with E-state index in [-0.39, 0.29) is 16.9 Å². The second-order valence-corrected chi connectivity index (χ2v) is 9.19. The predicted molar refractivity (Wildman–Crippen MR) is 97.9 cm³/mol. The lowest BCUT2D eigenvalue weighted by Crippen LogP contribution is -2.50. The van der Waals surface area contributed by atoms with E-state index in [2.05, 4.69) is 30.5 Å². The molecule has 0 saturated heterocycles. The predicted octanol–water partition coefficient (Wildman–Crippen LogP) is 3.33. The van der Waals surface area contributed by atoms with E-state index in [0.717, 1.165) is 50.2 Å². The molecule has 0 heterocycles. The Bertz CT molecular complexity index is 643. The summed E-state index contributed by atoms with van der Waals surface area (Å²) >= 11 is 0. The van der Waals surface area contributed by atoms with Gasteiger partial charge in [-0.1, -0.05) is 25.5 Å². The average molecular weight is 345 g/mol. The molecule has 5 heteroatoms. The van der Waals surface area contributed by atoms with Crippen molar-refractivity contribution in [2.75, 3.05) is 0 Å². The molecule has 4 aliphatic carbocycles. The normalized spacial score (nSPS) is 47.5. The maximum absolute atomic E-state index is 11.1. The summed E-state index contributed by atoms with van der Waals surface area (Å²) in [5.41, 5.74) is 10.7. The van der Waals surface area contributed by atoms with Gasteiger partial charge in [0.15, 0.2) is 0 Å². The number of hydrogen-bond acceptors (Lipinski definition) is 3. The van der Waals surface area contributed by atoms with Crippen LogP contribution in [0.15, 0.2) is 16.8 Å². The summed E-state index contributed by atoms with van der Waals surface area (Å²) < 4.78 is 0. The lowest BCUT2D eigenvalue weighted by molar-refractivity contribution is -0.0209. The number of allylic oxidation sites excluding steroid dienone is 1. The Morgan fingerprint density at radius 2 is 1.96 bits per heavy atom. The third kappa shape index (κ3) is 2.54.